The first-order valence-corrected chi connectivity index (χ1v) is 3.02. The van der Waals surface area contributed by atoms with E-state index in [9.17, 15) is 0 Å². The van der Waals surface area contributed by atoms with Crippen molar-refractivity contribution < 1.29 is 0 Å². The normalized spacial score (nSPS) is 9.25. The zero-order valence-electron chi connectivity index (χ0n) is 4.43. The molecular weight excluding hydrogens is 168 g/mol. The fourth-order valence-electron chi connectivity index (χ4n) is 0.384. The Morgan fingerprint density at radius 3 is 2.75 bits per heavy atom. The molecule has 0 saturated heterocycles. The number of halogens is 1. The second-order valence-electron chi connectivity index (χ2n) is 1.50. The molecule has 1 aromatic rings. The smallest absolute Gasteiger partial charge is 0.116 e. The third kappa shape index (κ3) is 1.04. The Kier molecular flexibility index (Phi) is 1.58. The van der Waals surface area contributed by atoms with Gasteiger partial charge in [0.15, 0.2) is 0 Å². The lowest BCUT2D eigenvalue weighted by atomic mass is 10.4. The Balaban J connectivity index is 3.13. The van der Waals surface area contributed by atoms with Crippen LogP contribution in [-0.4, -0.2) is 9.97 Å². The van der Waals surface area contributed by atoms with Gasteiger partial charge in [-0.2, -0.15) is 0 Å². The zero-order valence-corrected chi connectivity index (χ0v) is 6.01. The molecule has 0 fully saturated rings. The van der Waals surface area contributed by atoms with Crippen LogP contribution < -0.4 is 0 Å². The highest BCUT2D eigenvalue weighted by atomic mass is 79.9. The van der Waals surface area contributed by atoms with Crippen LogP contribution in [-0.2, 0) is 0 Å². The molecule has 2 nitrogen and oxygen atoms in total. The van der Waals surface area contributed by atoms with Crippen molar-refractivity contribution in [3.8, 4) is 0 Å². The molecule has 0 aliphatic rings. The van der Waals surface area contributed by atoms with Crippen LogP contribution in [0.4, 0.5) is 0 Å². The van der Waals surface area contributed by atoms with Crippen molar-refractivity contribution in [2.45, 2.75) is 6.92 Å². The minimum atomic E-state index is 0.868. The number of hydrogen-bond donors (Lipinski definition) is 0. The van der Waals surface area contributed by atoms with Crippen LogP contribution in [0.2, 0.25) is 0 Å². The highest BCUT2D eigenvalue weighted by Crippen LogP contribution is 2.07. The van der Waals surface area contributed by atoms with Crippen molar-refractivity contribution in [3.05, 3.63) is 22.7 Å². The van der Waals surface area contributed by atoms with Gasteiger partial charge in [-0.15, -0.1) is 0 Å². The molecule has 1 heterocycles. The summed E-state index contributed by atoms with van der Waals surface area (Å²) in [7, 11) is 0. The molecule has 1 rings (SSSR count). The van der Waals surface area contributed by atoms with Crippen molar-refractivity contribution in [1.29, 1.82) is 0 Å². The molecule has 0 saturated carbocycles. The monoisotopic (exact) mass is 172 g/mol. The van der Waals surface area contributed by atoms with E-state index < -0.39 is 0 Å². The minimum Gasteiger partial charge on any atom is -0.244 e. The Morgan fingerprint density at radius 1 is 1.62 bits per heavy atom. The average Bonchev–Trinajstić information content (AvgIpc) is 1.77. The van der Waals surface area contributed by atoms with E-state index in [1.807, 2.05) is 6.92 Å². The molecule has 0 unspecified atom stereocenters. The van der Waals surface area contributed by atoms with Crippen LogP contribution in [0, 0.1) is 6.92 Å². The maximum absolute atomic E-state index is 3.88. The summed E-state index contributed by atoms with van der Waals surface area (Å²) in [5.41, 5.74) is 1.06. The molecule has 8 heavy (non-hydrogen) atoms. The molecule has 0 aliphatic heterocycles. The molecule has 42 valence electrons. The van der Waals surface area contributed by atoms with Gasteiger partial charge in [0.25, 0.3) is 0 Å². The summed E-state index contributed by atoms with van der Waals surface area (Å²) in [5.74, 6) is 0. The fraction of sp³-hybridized carbons (Fsp3) is 0.200. The van der Waals surface area contributed by atoms with Gasteiger partial charge in [0.2, 0.25) is 0 Å². The molecule has 0 atom stereocenters. The van der Waals surface area contributed by atoms with Gasteiger partial charge in [-0.3, -0.25) is 0 Å². The molecule has 0 radical (unpaired) electrons. The Hall–Kier alpha value is -0.440. The van der Waals surface area contributed by atoms with Gasteiger partial charge in [0.05, 0.1) is 0 Å². The van der Waals surface area contributed by atoms with Crippen molar-refractivity contribution >= 4 is 15.9 Å². The standard InChI is InChI=1S/C5H5BrN2/c1-4-2-7-3-8-5(4)6/h2-3H,1H3. The number of aromatic nitrogens is 2. The maximum atomic E-state index is 3.88. The average molecular weight is 173 g/mol. The predicted molar refractivity (Wildman–Crippen MR) is 34.5 cm³/mol. The van der Waals surface area contributed by atoms with Gasteiger partial charge < -0.3 is 0 Å². The predicted octanol–water partition coefficient (Wildman–Crippen LogP) is 1.55. The minimum absolute atomic E-state index is 0.868. The SMILES string of the molecule is Cc1cncnc1Br. The summed E-state index contributed by atoms with van der Waals surface area (Å²) < 4.78 is 0.868. The summed E-state index contributed by atoms with van der Waals surface area (Å²) in [6.07, 6.45) is 3.27. The van der Waals surface area contributed by atoms with Crippen LogP contribution in [0.3, 0.4) is 0 Å². The van der Waals surface area contributed by atoms with E-state index in [4.69, 9.17) is 0 Å². The first kappa shape index (κ1) is 5.69. The number of hydrogen-bond acceptors (Lipinski definition) is 2. The second kappa shape index (κ2) is 2.22. The topological polar surface area (TPSA) is 25.8 Å². The summed E-state index contributed by atoms with van der Waals surface area (Å²) in [6.45, 7) is 1.95. The number of nitrogens with zero attached hydrogens (tertiary/aromatic N) is 2. The summed E-state index contributed by atoms with van der Waals surface area (Å²) in [5, 5.41) is 0. The van der Waals surface area contributed by atoms with Crippen LogP contribution in [0.1, 0.15) is 5.56 Å². The van der Waals surface area contributed by atoms with E-state index >= 15 is 0 Å². The molecule has 0 spiro atoms. The van der Waals surface area contributed by atoms with E-state index in [0.717, 1.165) is 10.2 Å². The van der Waals surface area contributed by atoms with Crippen LogP contribution in [0.25, 0.3) is 0 Å². The van der Waals surface area contributed by atoms with Gasteiger partial charge in [0.1, 0.15) is 10.9 Å². The van der Waals surface area contributed by atoms with Gasteiger partial charge in [-0.1, -0.05) is 0 Å². The molecule has 0 aliphatic carbocycles. The van der Waals surface area contributed by atoms with Crippen molar-refractivity contribution in [3.63, 3.8) is 0 Å². The summed E-state index contributed by atoms with van der Waals surface area (Å²) in [4.78, 5) is 7.69. The van der Waals surface area contributed by atoms with Crippen LogP contribution >= 0.6 is 15.9 Å². The van der Waals surface area contributed by atoms with E-state index in [2.05, 4.69) is 25.9 Å². The third-order valence-electron chi connectivity index (χ3n) is 0.831. The lowest BCUT2D eigenvalue weighted by molar-refractivity contribution is 1.10. The van der Waals surface area contributed by atoms with Gasteiger partial charge in [-0.05, 0) is 22.9 Å². The first-order valence-electron chi connectivity index (χ1n) is 2.23. The lowest BCUT2D eigenvalue weighted by Gasteiger charge is -1.89. The molecule has 3 heteroatoms. The van der Waals surface area contributed by atoms with E-state index in [1.54, 1.807) is 6.20 Å². The second-order valence-corrected chi connectivity index (χ2v) is 2.25. The number of aryl methyl sites for hydroxylation is 1. The van der Waals surface area contributed by atoms with E-state index in [1.165, 1.54) is 6.33 Å². The Morgan fingerprint density at radius 2 is 2.38 bits per heavy atom. The maximum Gasteiger partial charge on any atom is 0.116 e. The molecule has 0 aromatic carbocycles. The lowest BCUT2D eigenvalue weighted by Crippen LogP contribution is -1.80. The largest absolute Gasteiger partial charge is 0.244 e. The Labute approximate surface area is 56.1 Å². The van der Waals surface area contributed by atoms with Crippen LogP contribution in [0.5, 0.6) is 0 Å². The molecule has 1 aromatic heterocycles. The van der Waals surface area contributed by atoms with Crippen molar-refractivity contribution in [2.75, 3.05) is 0 Å². The molecule has 0 amide bonds. The molecule has 0 bridgehead atoms. The molecule has 0 N–H and O–H groups in total. The highest BCUT2D eigenvalue weighted by Gasteiger charge is 1.88. The fourth-order valence-corrected chi connectivity index (χ4v) is 0.578. The van der Waals surface area contributed by atoms with Crippen LogP contribution in [0.15, 0.2) is 17.1 Å². The van der Waals surface area contributed by atoms with Gasteiger partial charge in [-0.25, -0.2) is 9.97 Å². The third-order valence-corrected chi connectivity index (χ3v) is 1.66. The van der Waals surface area contributed by atoms with Crippen molar-refractivity contribution in [2.24, 2.45) is 0 Å². The Bertz CT molecular complexity index is 167. The summed E-state index contributed by atoms with van der Waals surface area (Å²) in [6, 6.07) is 0. The number of rotatable bonds is 0. The zero-order chi connectivity index (χ0) is 5.98. The molecular formula is C5H5BrN2. The van der Waals surface area contributed by atoms with E-state index in [-0.39, 0.29) is 0 Å². The van der Waals surface area contributed by atoms with E-state index in [0.29, 0.717) is 0 Å². The van der Waals surface area contributed by atoms with Gasteiger partial charge >= 0.3 is 0 Å². The van der Waals surface area contributed by atoms with Gasteiger partial charge in [0, 0.05) is 11.8 Å². The quantitative estimate of drug-likeness (QED) is 0.556. The highest BCUT2D eigenvalue weighted by molar-refractivity contribution is 9.10. The first-order chi connectivity index (χ1) is 3.80. The van der Waals surface area contributed by atoms with Crippen molar-refractivity contribution in [1.82, 2.24) is 9.97 Å². The summed E-state index contributed by atoms with van der Waals surface area (Å²) >= 11 is 3.24.